The summed E-state index contributed by atoms with van der Waals surface area (Å²) in [6.07, 6.45) is 5.08. The van der Waals surface area contributed by atoms with Gasteiger partial charge in [0.05, 0.1) is 0 Å². The molecule has 1 N–H and O–H groups in total. The predicted molar refractivity (Wildman–Crippen MR) is 68.8 cm³/mol. The first-order valence-corrected chi connectivity index (χ1v) is 6.73. The van der Waals surface area contributed by atoms with E-state index in [0.29, 0.717) is 12.1 Å². The summed E-state index contributed by atoms with van der Waals surface area (Å²) in [5.41, 5.74) is 0. The minimum Gasteiger partial charge on any atom is -0.385 e. The Morgan fingerprint density at radius 1 is 1.38 bits per heavy atom. The van der Waals surface area contributed by atoms with Crippen LogP contribution >= 0.6 is 0 Å². The highest BCUT2D eigenvalue weighted by molar-refractivity contribution is 4.76. The molecule has 0 bridgehead atoms. The first kappa shape index (κ1) is 13.9. The lowest BCUT2D eigenvalue weighted by Crippen LogP contribution is -2.37. The molecule has 1 fully saturated rings. The Balaban J connectivity index is 2.21. The van der Waals surface area contributed by atoms with Gasteiger partial charge in [0.2, 0.25) is 0 Å². The van der Waals surface area contributed by atoms with Crippen molar-refractivity contribution in [2.24, 2.45) is 0 Å². The number of likely N-dealkylation sites (tertiary alicyclic amines) is 1. The quantitative estimate of drug-likeness (QED) is 0.751. The van der Waals surface area contributed by atoms with Crippen molar-refractivity contribution in [3.8, 4) is 0 Å². The Morgan fingerprint density at radius 2 is 2.19 bits per heavy atom. The Labute approximate surface area is 101 Å². The van der Waals surface area contributed by atoms with Crippen molar-refractivity contribution in [3.63, 3.8) is 0 Å². The molecule has 0 aliphatic carbocycles. The molecule has 1 aliphatic rings. The lowest BCUT2D eigenvalue weighted by atomic mass is 10.1. The molecule has 0 amide bonds. The van der Waals surface area contributed by atoms with Gasteiger partial charge in [-0.1, -0.05) is 6.92 Å². The van der Waals surface area contributed by atoms with Gasteiger partial charge in [-0.05, 0) is 52.2 Å². The van der Waals surface area contributed by atoms with Crippen LogP contribution < -0.4 is 5.32 Å². The van der Waals surface area contributed by atoms with Crippen LogP contribution in [0.2, 0.25) is 0 Å². The highest BCUT2D eigenvalue weighted by atomic mass is 16.5. The number of ether oxygens (including phenoxy) is 1. The van der Waals surface area contributed by atoms with E-state index >= 15 is 0 Å². The Morgan fingerprint density at radius 3 is 2.88 bits per heavy atom. The molecule has 3 heteroatoms. The summed E-state index contributed by atoms with van der Waals surface area (Å²) in [5, 5.41) is 3.73. The minimum atomic E-state index is 0.582. The van der Waals surface area contributed by atoms with Crippen LogP contribution in [0.1, 0.15) is 39.5 Å². The summed E-state index contributed by atoms with van der Waals surface area (Å²) in [6.45, 7) is 9.12. The van der Waals surface area contributed by atoms with Crippen LogP contribution in [-0.2, 0) is 4.74 Å². The molecule has 2 unspecified atom stereocenters. The molecule has 1 aliphatic heterocycles. The molecular weight excluding hydrogens is 200 g/mol. The molecule has 0 aromatic rings. The third-order valence-corrected chi connectivity index (χ3v) is 3.54. The van der Waals surface area contributed by atoms with E-state index in [1.165, 1.54) is 38.9 Å². The fourth-order valence-electron chi connectivity index (χ4n) is 2.42. The van der Waals surface area contributed by atoms with Crippen molar-refractivity contribution in [1.29, 1.82) is 0 Å². The van der Waals surface area contributed by atoms with Gasteiger partial charge >= 0.3 is 0 Å². The molecule has 1 heterocycles. The maximum Gasteiger partial charge on any atom is 0.0476 e. The van der Waals surface area contributed by atoms with Crippen LogP contribution in [0.25, 0.3) is 0 Å². The minimum absolute atomic E-state index is 0.582. The second kappa shape index (κ2) is 8.04. The van der Waals surface area contributed by atoms with Crippen LogP contribution in [0.5, 0.6) is 0 Å². The fraction of sp³-hybridized carbons (Fsp3) is 1.00. The van der Waals surface area contributed by atoms with E-state index in [2.05, 4.69) is 24.1 Å². The van der Waals surface area contributed by atoms with Gasteiger partial charge in [0.25, 0.3) is 0 Å². The van der Waals surface area contributed by atoms with Crippen molar-refractivity contribution in [3.05, 3.63) is 0 Å². The van der Waals surface area contributed by atoms with Gasteiger partial charge in [-0.3, -0.25) is 0 Å². The van der Waals surface area contributed by atoms with Crippen molar-refractivity contribution >= 4 is 0 Å². The Kier molecular flexibility index (Phi) is 7.01. The van der Waals surface area contributed by atoms with E-state index in [-0.39, 0.29) is 0 Å². The summed E-state index contributed by atoms with van der Waals surface area (Å²) in [7, 11) is 1.78. The monoisotopic (exact) mass is 228 g/mol. The second-order valence-corrected chi connectivity index (χ2v) is 4.91. The molecule has 1 saturated heterocycles. The van der Waals surface area contributed by atoms with E-state index in [1.807, 2.05) is 0 Å². The number of methoxy groups -OCH3 is 1. The summed E-state index contributed by atoms with van der Waals surface area (Å²) >= 11 is 0. The normalized spacial score (nSPS) is 25.3. The van der Waals surface area contributed by atoms with E-state index in [9.17, 15) is 0 Å². The largest absolute Gasteiger partial charge is 0.385 e. The third-order valence-electron chi connectivity index (χ3n) is 3.54. The summed E-state index contributed by atoms with van der Waals surface area (Å²) < 4.78 is 5.11. The molecule has 0 spiro atoms. The van der Waals surface area contributed by atoms with Gasteiger partial charge in [0.1, 0.15) is 0 Å². The number of hydrogen-bond donors (Lipinski definition) is 1. The molecule has 0 aromatic heterocycles. The van der Waals surface area contributed by atoms with Gasteiger partial charge in [-0.2, -0.15) is 0 Å². The lowest BCUT2D eigenvalue weighted by Gasteiger charge is -2.22. The van der Waals surface area contributed by atoms with E-state index in [0.717, 1.165) is 13.0 Å². The highest BCUT2D eigenvalue weighted by Crippen LogP contribution is 2.11. The van der Waals surface area contributed by atoms with Crippen LogP contribution in [-0.4, -0.2) is 50.3 Å². The van der Waals surface area contributed by atoms with Gasteiger partial charge in [-0.25, -0.2) is 0 Å². The van der Waals surface area contributed by atoms with Crippen molar-refractivity contribution in [2.45, 2.75) is 51.6 Å². The van der Waals surface area contributed by atoms with E-state index in [1.54, 1.807) is 7.11 Å². The van der Waals surface area contributed by atoms with E-state index in [4.69, 9.17) is 4.74 Å². The number of nitrogens with one attached hydrogen (secondary N) is 1. The predicted octanol–water partition coefficient (Wildman–Crippen LogP) is 1.88. The SMILES string of the molecule is CCN1CCCC(NC(C)CCOC)CC1. The summed E-state index contributed by atoms with van der Waals surface area (Å²) in [5.74, 6) is 0. The van der Waals surface area contributed by atoms with Gasteiger partial charge in [0, 0.05) is 25.8 Å². The van der Waals surface area contributed by atoms with Crippen molar-refractivity contribution in [2.75, 3.05) is 33.4 Å². The topological polar surface area (TPSA) is 24.5 Å². The molecule has 0 radical (unpaired) electrons. The maximum absolute atomic E-state index is 5.11. The molecule has 0 saturated carbocycles. The van der Waals surface area contributed by atoms with Crippen LogP contribution in [0, 0.1) is 0 Å². The molecule has 1 rings (SSSR count). The average Bonchev–Trinajstić information content (AvgIpc) is 2.51. The fourth-order valence-corrected chi connectivity index (χ4v) is 2.42. The molecule has 2 atom stereocenters. The van der Waals surface area contributed by atoms with Crippen molar-refractivity contribution < 1.29 is 4.74 Å². The van der Waals surface area contributed by atoms with Gasteiger partial charge in [0.15, 0.2) is 0 Å². The zero-order valence-electron chi connectivity index (χ0n) is 11.2. The van der Waals surface area contributed by atoms with Gasteiger partial charge in [-0.15, -0.1) is 0 Å². The van der Waals surface area contributed by atoms with Gasteiger partial charge < -0.3 is 15.0 Å². The maximum atomic E-state index is 5.11. The molecule has 96 valence electrons. The standard InChI is InChI=1S/C13H28N2O/c1-4-15-9-5-6-13(7-10-15)14-12(2)8-11-16-3/h12-14H,4-11H2,1-3H3. The second-order valence-electron chi connectivity index (χ2n) is 4.91. The summed E-state index contributed by atoms with van der Waals surface area (Å²) in [4.78, 5) is 2.56. The zero-order valence-corrected chi connectivity index (χ0v) is 11.2. The molecule has 16 heavy (non-hydrogen) atoms. The number of rotatable bonds is 6. The van der Waals surface area contributed by atoms with Crippen LogP contribution in [0.15, 0.2) is 0 Å². The number of nitrogens with zero attached hydrogens (tertiary/aromatic N) is 1. The Hall–Kier alpha value is -0.120. The molecule has 3 nitrogen and oxygen atoms in total. The van der Waals surface area contributed by atoms with Crippen molar-refractivity contribution in [1.82, 2.24) is 10.2 Å². The molecular formula is C13H28N2O. The lowest BCUT2D eigenvalue weighted by molar-refractivity contribution is 0.181. The first-order valence-electron chi connectivity index (χ1n) is 6.73. The number of hydrogen-bond acceptors (Lipinski definition) is 3. The Bertz CT molecular complexity index is 175. The molecule has 0 aromatic carbocycles. The highest BCUT2D eigenvalue weighted by Gasteiger charge is 2.17. The smallest absolute Gasteiger partial charge is 0.0476 e. The van der Waals surface area contributed by atoms with Crippen LogP contribution in [0.4, 0.5) is 0 Å². The zero-order chi connectivity index (χ0) is 11.8. The third kappa shape index (κ3) is 5.28. The van der Waals surface area contributed by atoms with Crippen LogP contribution in [0.3, 0.4) is 0 Å². The first-order chi connectivity index (χ1) is 7.76. The van der Waals surface area contributed by atoms with E-state index < -0.39 is 0 Å². The average molecular weight is 228 g/mol. The summed E-state index contributed by atoms with van der Waals surface area (Å²) in [6, 6.07) is 1.29.